The van der Waals surface area contributed by atoms with Crippen molar-refractivity contribution < 1.29 is 52.6 Å². The van der Waals surface area contributed by atoms with Crippen molar-refractivity contribution in [2.75, 3.05) is 11.9 Å². The van der Waals surface area contributed by atoms with Crippen LogP contribution in [0.5, 0.6) is 11.5 Å². The molecule has 37 heavy (non-hydrogen) atoms. The summed E-state index contributed by atoms with van der Waals surface area (Å²) in [6.45, 7) is 2.33. The maximum Gasteiger partial charge on any atom is 0.340 e. The second-order valence-corrected chi connectivity index (χ2v) is 9.76. The highest BCUT2D eigenvalue weighted by molar-refractivity contribution is 7.89. The summed E-state index contributed by atoms with van der Waals surface area (Å²) in [7, 11) is -4.45. The first-order chi connectivity index (χ1) is 17.4. The fourth-order valence-electron chi connectivity index (χ4n) is 3.50. The highest BCUT2D eigenvalue weighted by Crippen LogP contribution is 2.37. The van der Waals surface area contributed by atoms with E-state index in [1.165, 1.54) is 6.07 Å². The summed E-state index contributed by atoms with van der Waals surface area (Å²) < 4.78 is 40.7. The molecule has 3 rings (SSSR count). The molecule has 14 heteroatoms. The number of hydrogen-bond donors (Lipinski definition) is 6. The van der Waals surface area contributed by atoms with Crippen LogP contribution in [0.15, 0.2) is 47.4 Å². The highest BCUT2D eigenvalue weighted by atomic mass is 32.2. The van der Waals surface area contributed by atoms with Crippen molar-refractivity contribution in [3.63, 3.8) is 0 Å². The Balaban J connectivity index is 2.00. The molecule has 7 N–H and O–H groups in total. The Morgan fingerprint density at radius 3 is 2.35 bits per heavy atom. The molecule has 0 bridgehead atoms. The van der Waals surface area contributed by atoms with Gasteiger partial charge >= 0.3 is 11.9 Å². The molecular weight excluding hydrogens is 512 g/mol. The van der Waals surface area contributed by atoms with Gasteiger partial charge in [0.2, 0.25) is 16.3 Å². The molecule has 3 unspecified atom stereocenters. The van der Waals surface area contributed by atoms with Crippen molar-refractivity contribution in [3.05, 3.63) is 48.0 Å². The molecule has 1 fully saturated rings. The second kappa shape index (κ2) is 11.9. The first kappa shape index (κ1) is 28.3. The number of aliphatic carboxylic acids is 1. The molecule has 1 saturated heterocycles. The fraction of sp³-hybridized carbons (Fsp3) is 0.391. The number of ether oxygens (including phenoxy) is 3. The maximum atomic E-state index is 12.9. The molecule has 0 aromatic heterocycles. The van der Waals surface area contributed by atoms with Gasteiger partial charge in [0.1, 0.15) is 29.0 Å². The lowest BCUT2D eigenvalue weighted by Gasteiger charge is -2.37. The topological polar surface area (TPSA) is 215 Å². The number of anilines is 1. The Kier molecular flexibility index (Phi) is 9.07. The second-order valence-electron chi connectivity index (χ2n) is 8.23. The molecule has 0 saturated carbocycles. The number of aliphatic hydroxyl groups excluding tert-OH is 3. The van der Waals surface area contributed by atoms with E-state index in [9.17, 15) is 38.4 Å². The number of unbranched alkanes of at least 4 members (excludes halogenated alkanes) is 1. The first-order valence-electron chi connectivity index (χ1n) is 11.2. The molecule has 0 spiro atoms. The summed E-state index contributed by atoms with van der Waals surface area (Å²) in [5, 5.41) is 47.5. The van der Waals surface area contributed by atoms with E-state index < -0.39 is 57.6 Å². The van der Waals surface area contributed by atoms with Crippen LogP contribution in [0.2, 0.25) is 0 Å². The number of carboxylic acid groups (broad SMARTS) is 1. The predicted molar refractivity (Wildman–Crippen MR) is 127 cm³/mol. The van der Waals surface area contributed by atoms with E-state index in [1.54, 1.807) is 30.3 Å². The molecule has 0 radical (unpaired) electrons. The lowest BCUT2D eigenvalue weighted by Crippen LogP contribution is -2.60. The Morgan fingerprint density at radius 1 is 1.08 bits per heavy atom. The number of rotatable bonds is 10. The van der Waals surface area contributed by atoms with Crippen LogP contribution in [0.25, 0.3) is 0 Å². The van der Waals surface area contributed by atoms with E-state index in [-0.39, 0.29) is 17.0 Å². The van der Waals surface area contributed by atoms with Crippen LogP contribution in [0, 0.1) is 0 Å². The Hall–Kier alpha value is -3.27. The maximum absolute atomic E-state index is 12.9. The number of para-hydroxylation sites is 1. The molecule has 202 valence electrons. The number of carboxylic acids is 1. The fourth-order valence-corrected chi connectivity index (χ4v) is 4.20. The summed E-state index contributed by atoms with van der Waals surface area (Å²) >= 11 is 0. The van der Waals surface area contributed by atoms with E-state index in [1.807, 2.05) is 6.92 Å². The number of aliphatic hydroxyl groups is 3. The molecule has 0 aliphatic carbocycles. The van der Waals surface area contributed by atoms with E-state index >= 15 is 0 Å². The summed E-state index contributed by atoms with van der Waals surface area (Å²) in [6, 6.07) is 10.4. The van der Waals surface area contributed by atoms with Crippen LogP contribution >= 0.6 is 0 Å². The third-order valence-electron chi connectivity index (χ3n) is 5.44. The van der Waals surface area contributed by atoms with Crippen LogP contribution < -0.4 is 15.2 Å². The van der Waals surface area contributed by atoms with E-state index in [0.29, 0.717) is 18.7 Å². The number of carbonyl (C=O) groups excluding carboxylic acids is 1. The molecule has 0 amide bonds. The SMILES string of the molecule is CCCCNc1cc(C(=O)O[C@@H]2OC(C(=O)O)[C@H](O)C(O)C2O)cc(S(N)(=O)=O)c1Oc1ccccc1. The summed E-state index contributed by atoms with van der Waals surface area (Å²) in [5.41, 5.74) is -0.258. The molecule has 1 heterocycles. The van der Waals surface area contributed by atoms with Crippen LogP contribution in [0.4, 0.5) is 5.69 Å². The van der Waals surface area contributed by atoms with Gasteiger partial charge in [0.15, 0.2) is 11.9 Å². The van der Waals surface area contributed by atoms with Gasteiger partial charge in [-0.1, -0.05) is 31.5 Å². The normalized spacial score (nSPS) is 23.8. The zero-order chi connectivity index (χ0) is 27.3. The van der Waals surface area contributed by atoms with Crippen molar-refractivity contribution in [2.24, 2.45) is 5.14 Å². The third-order valence-corrected chi connectivity index (χ3v) is 6.36. The Bertz CT molecular complexity index is 1220. The van der Waals surface area contributed by atoms with E-state index in [2.05, 4.69) is 5.32 Å². The zero-order valence-electron chi connectivity index (χ0n) is 19.7. The van der Waals surface area contributed by atoms with Gasteiger partial charge in [0.25, 0.3) is 0 Å². The first-order valence-corrected chi connectivity index (χ1v) is 12.8. The summed E-state index contributed by atoms with van der Waals surface area (Å²) in [4.78, 5) is 23.7. The smallest absolute Gasteiger partial charge is 0.340 e. The van der Waals surface area contributed by atoms with Crippen molar-refractivity contribution in [2.45, 2.75) is 55.4 Å². The monoisotopic (exact) mass is 540 g/mol. The molecule has 2 aromatic carbocycles. The van der Waals surface area contributed by atoms with Gasteiger partial charge in [0.05, 0.1) is 11.3 Å². The van der Waals surface area contributed by atoms with Crippen LogP contribution in [-0.4, -0.2) is 78.0 Å². The standard InChI is InChI=1S/C23H28N2O11S/c1-2-3-9-25-14-10-12(11-15(37(24,32)33)19(14)34-13-7-5-4-6-8-13)22(31)36-23-18(28)16(26)17(27)20(35-23)21(29)30/h4-8,10-11,16-18,20,23,25-28H,2-3,9H2,1H3,(H,29,30)(H2,24,32,33)/t16?,17-,18?,20?,23+/m1/s1. The minimum atomic E-state index is -4.45. The third kappa shape index (κ3) is 6.74. The molecule has 1 aliphatic rings. The molecule has 5 atom stereocenters. The van der Waals surface area contributed by atoms with Crippen LogP contribution in [-0.2, 0) is 24.3 Å². The van der Waals surface area contributed by atoms with Crippen molar-refractivity contribution in [1.29, 1.82) is 0 Å². The van der Waals surface area contributed by atoms with Gasteiger partial charge in [-0.2, -0.15) is 0 Å². The van der Waals surface area contributed by atoms with Crippen LogP contribution in [0.1, 0.15) is 30.1 Å². The van der Waals surface area contributed by atoms with Gasteiger partial charge in [-0.3, -0.25) is 0 Å². The number of sulfonamides is 1. The van der Waals surface area contributed by atoms with Gasteiger partial charge < -0.3 is 40.0 Å². The number of nitrogens with two attached hydrogens (primary N) is 1. The molecule has 13 nitrogen and oxygen atoms in total. The van der Waals surface area contributed by atoms with E-state index in [0.717, 1.165) is 12.5 Å². The van der Waals surface area contributed by atoms with Gasteiger partial charge in [-0.05, 0) is 30.7 Å². The quantitative estimate of drug-likeness (QED) is 0.178. The average Bonchev–Trinajstić information content (AvgIpc) is 2.84. The van der Waals surface area contributed by atoms with Gasteiger partial charge in [-0.15, -0.1) is 0 Å². The number of benzene rings is 2. The number of carbonyl (C=O) groups is 2. The molecule has 2 aromatic rings. The van der Waals surface area contributed by atoms with Crippen molar-refractivity contribution in [3.8, 4) is 11.5 Å². The number of nitrogens with one attached hydrogen (secondary N) is 1. The van der Waals surface area contributed by atoms with Gasteiger partial charge in [-0.25, -0.2) is 23.1 Å². The van der Waals surface area contributed by atoms with Crippen LogP contribution in [0.3, 0.4) is 0 Å². The lowest BCUT2D eigenvalue weighted by atomic mass is 9.99. The summed E-state index contributed by atoms with van der Waals surface area (Å²) in [6.07, 6.45) is -8.45. The molecule has 1 aliphatic heterocycles. The Labute approximate surface area is 212 Å². The van der Waals surface area contributed by atoms with Crippen molar-refractivity contribution in [1.82, 2.24) is 0 Å². The largest absolute Gasteiger partial charge is 0.479 e. The highest BCUT2D eigenvalue weighted by Gasteiger charge is 2.48. The zero-order valence-corrected chi connectivity index (χ0v) is 20.5. The number of esters is 1. The molecular formula is C23H28N2O11S. The van der Waals surface area contributed by atoms with E-state index in [4.69, 9.17) is 19.3 Å². The average molecular weight is 541 g/mol. The predicted octanol–water partition coefficient (Wildman–Crippen LogP) is 0.387. The minimum absolute atomic E-state index is 0.0970. The minimum Gasteiger partial charge on any atom is -0.479 e. The summed E-state index contributed by atoms with van der Waals surface area (Å²) in [5.74, 6) is -2.76. The number of primary sulfonamides is 1. The van der Waals surface area contributed by atoms with Gasteiger partial charge in [0, 0.05) is 6.54 Å². The lowest BCUT2D eigenvalue weighted by molar-refractivity contribution is -0.278. The Morgan fingerprint density at radius 2 is 1.76 bits per heavy atom. The van der Waals surface area contributed by atoms with Crippen molar-refractivity contribution >= 4 is 27.6 Å². The number of hydrogen-bond acceptors (Lipinski definition) is 11.